The fourth-order valence-corrected chi connectivity index (χ4v) is 7.40. The van der Waals surface area contributed by atoms with Gasteiger partial charge in [0.1, 0.15) is 29.4 Å². The number of hydrogen-bond acceptors (Lipinski definition) is 9. The van der Waals surface area contributed by atoms with E-state index in [-0.39, 0.29) is 31.7 Å². The zero-order chi connectivity index (χ0) is 36.3. The van der Waals surface area contributed by atoms with Gasteiger partial charge in [-0.2, -0.15) is 0 Å². The van der Waals surface area contributed by atoms with Crippen molar-refractivity contribution in [3.63, 3.8) is 0 Å². The summed E-state index contributed by atoms with van der Waals surface area (Å²) < 4.78 is 6.46. The van der Waals surface area contributed by atoms with E-state index in [1.165, 1.54) is 22.3 Å². The second-order valence-electron chi connectivity index (χ2n) is 13.4. The maximum atomic E-state index is 14.4. The van der Waals surface area contributed by atoms with E-state index in [1.54, 1.807) is 13.8 Å². The van der Waals surface area contributed by atoms with Crippen molar-refractivity contribution in [1.82, 2.24) is 25.2 Å². The van der Waals surface area contributed by atoms with Gasteiger partial charge in [0, 0.05) is 18.8 Å². The number of nitrogens with zero attached hydrogens (tertiary/aromatic N) is 4. The van der Waals surface area contributed by atoms with Crippen LogP contribution in [0.1, 0.15) is 45.1 Å². The molecule has 6 rings (SSSR count). The fraction of sp³-hybridized carbons (Fsp3) is 0.368. The van der Waals surface area contributed by atoms with Crippen molar-refractivity contribution in [2.24, 2.45) is 11.8 Å². The van der Waals surface area contributed by atoms with Crippen LogP contribution < -0.4 is 10.1 Å². The smallest absolute Gasteiger partial charge is 0.330 e. The maximum absolute atomic E-state index is 14.4. The summed E-state index contributed by atoms with van der Waals surface area (Å²) in [5, 5.41) is 26.3. The molecule has 51 heavy (non-hydrogen) atoms. The Labute approximate surface area is 299 Å². The molecule has 0 radical (unpaired) electrons. The highest BCUT2D eigenvalue weighted by molar-refractivity contribution is 7.13. The molecule has 2 unspecified atom stereocenters. The van der Waals surface area contributed by atoms with Crippen molar-refractivity contribution in [2.45, 2.75) is 69.7 Å². The summed E-state index contributed by atoms with van der Waals surface area (Å²) in [5.74, 6) is -3.91. The first-order valence-corrected chi connectivity index (χ1v) is 17.9. The van der Waals surface area contributed by atoms with Gasteiger partial charge in [0.05, 0.1) is 22.5 Å². The predicted octanol–water partition coefficient (Wildman–Crippen LogP) is 5.12. The lowest BCUT2D eigenvalue weighted by molar-refractivity contribution is -0.188. The Morgan fingerprint density at radius 2 is 1.78 bits per heavy atom. The molecule has 0 bridgehead atoms. The highest BCUT2D eigenvalue weighted by Crippen LogP contribution is 2.45. The predicted molar refractivity (Wildman–Crippen MR) is 191 cm³/mol. The van der Waals surface area contributed by atoms with Crippen LogP contribution in [0, 0.1) is 11.8 Å². The summed E-state index contributed by atoms with van der Waals surface area (Å²) in [4.78, 5) is 65.5. The average Bonchev–Trinajstić information content (AvgIpc) is 3.40. The molecular formula is C38H41N5O7S. The van der Waals surface area contributed by atoms with E-state index in [4.69, 9.17) is 14.7 Å². The number of carbonyl (C=O) groups excluding carboxylic acids is 3. The van der Waals surface area contributed by atoms with Crippen molar-refractivity contribution >= 4 is 46.1 Å². The van der Waals surface area contributed by atoms with Gasteiger partial charge in [0.15, 0.2) is 0 Å². The molecule has 4 aromatic rings. The van der Waals surface area contributed by atoms with E-state index in [9.17, 15) is 29.5 Å². The first-order chi connectivity index (χ1) is 24.5. The zero-order valence-corrected chi connectivity index (χ0v) is 29.3. The summed E-state index contributed by atoms with van der Waals surface area (Å²) in [6.45, 7) is 7.03. The number of carbonyl (C=O) groups is 4. The number of amides is 3. The Hall–Kier alpha value is -5.14. The lowest BCUT2D eigenvalue weighted by Gasteiger charge is -2.34. The standard InChI is InChI=1S/C38H41N5O7S/c1-4-25-21-38(25,37(47)48)41-34(45)29-20-26(50-35-32(30-17-11-19-51-30)39-27-15-8-9-16-28(27)40-35)22-42(29)36(46)33(23(2)3)43(49)31(44)18-10-14-24-12-6-5-7-13-24/h4-9,11-13,15-17,19,23,25-26,29,33,49H,1,10,14,18,20-22H2,2-3H3,(H,41,45)(H,47,48)/t25-,26-,29+,33?,38?/m1/s1. The Morgan fingerprint density at radius 1 is 1.08 bits per heavy atom. The monoisotopic (exact) mass is 711 g/mol. The number of para-hydroxylation sites is 2. The average molecular weight is 712 g/mol. The number of carboxylic acid groups (broad SMARTS) is 1. The van der Waals surface area contributed by atoms with Gasteiger partial charge >= 0.3 is 5.97 Å². The molecule has 2 aliphatic rings. The minimum absolute atomic E-state index is 0.00564. The zero-order valence-electron chi connectivity index (χ0n) is 28.5. The summed E-state index contributed by atoms with van der Waals surface area (Å²) >= 11 is 1.46. The molecule has 2 aromatic carbocycles. The molecule has 2 aromatic heterocycles. The number of ether oxygens (including phenoxy) is 1. The molecule has 1 saturated heterocycles. The van der Waals surface area contributed by atoms with Crippen LogP contribution in [0.2, 0.25) is 0 Å². The quantitative estimate of drug-likeness (QED) is 0.0916. The summed E-state index contributed by atoms with van der Waals surface area (Å²) in [6.07, 6.45) is 2.01. The van der Waals surface area contributed by atoms with Gasteiger partial charge < -0.3 is 20.1 Å². The molecule has 1 aliphatic heterocycles. The Kier molecular flexibility index (Phi) is 10.5. The number of aryl methyl sites for hydroxylation is 1. The minimum atomic E-state index is -1.53. The number of hydroxylamine groups is 2. The molecule has 3 amide bonds. The number of nitrogens with one attached hydrogen (secondary N) is 1. The third-order valence-electron chi connectivity index (χ3n) is 9.55. The first-order valence-electron chi connectivity index (χ1n) is 17.0. The number of thiophene rings is 1. The van der Waals surface area contributed by atoms with Crippen molar-refractivity contribution in [3.05, 3.63) is 90.3 Å². The van der Waals surface area contributed by atoms with E-state index in [0.717, 1.165) is 10.4 Å². The van der Waals surface area contributed by atoms with E-state index in [1.807, 2.05) is 72.1 Å². The lowest BCUT2D eigenvalue weighted by atomic mass is 10.0. The van der Waals surface area contributed by atoms with Gasteiger partial charge in [-0.25, -0.2) is 19.8 Å². The van der Waals surface area contributed by atoms with Gasteiger partial charge in [0.2, 0.25) is 23.6 Å². The van der Waals surface area contributed by atoms with Crippen LogP contribution in [0.3, 0.4) is 0 Å². The molecule has 5 atom stereocenters. The van der Waals surface area contributed by atoms with Crippen LogP contribution in [0.4, 0.5) is 0 Å². The molecule has 2 fully saturated rings. The van der Waals surface area contributed by atoms with Gasteiger partial charge in [-0.15, -0.1) is 17.9 Å². The Balaban J connectivity index is 1.26. The fourth-order valence-electron chi connectivity index (χ4n) is 6.69. The minimum Gasteiger partial charge on any atom is -0.479 e. The number of aliphatic carboxylic acids is 1. The molecule has 0 spiro atoms. The van der Waals surface area contributed by atoms with Gasteiger partial charge in [-0.05, 0) is 54.3 Å². The summed E-state index contributed by atoms with van der Waals surface area (Å²) in [5.41, 5.74) is 1.30. The Bertz CT molecular complexity index is 1920. The molecule has 3 N–H and O–H groups in total. The van der Waals surface area contributed by atoms with Gasteiger partial charge in [-0.1, -0.05) is 68.5 Å². The SMILES string of the molecule is C=C[C@@H]1CC1(NC(=O)[C@@H]1C[C@@H](Oc2nc3ccccc3nc2-c2cccs2)CN1C(=O)C(C(C)C)N(O)C(=O)CCCc1ccccc1)C(=O)O. The largest absolute Gasteiger partial charge is 0.479 e. The summed E-state index contributed by atoms with van der Waals surface area (Å²) in [7, 11) is 0. The number of fused-ring (bicyclic) bond motifs is 1. The van der Waals surface area contributed by atoms with Gasteiger partial charge in [-0.3, -0.25) is 19.6 Å². The molecule has 3 heterocycles. The number of rotatable bonds is 14. The van der Waals surface area contributed by atoms with Crippen LogP contribution in [0.25, 0.3) is 21.6 Å². The first kappa shape index (κ1) is 35.7. The van der Waals surface area contributed by atoms with E-state index in [0.29, 0.717) is 34.6 Å². The summed E-state index contributed by atoms with van der Waals surface area (Å²) in [6, 6.07) is 18.3. The van der Waals surface area contributed by atoms with E-state index < -0.39 is 59.3 Å². The third kappa shape index (κ3) is 7.49. The highest BCUT2D eigenvalue weighted by Gasteiger charge is 2.61. The van der Waals surface area contributed by atoms with Crippen LogP contribution in [0.5, 0.6) is 5.88 Å². The number of benzene rings is 2. The topological polar surface area (TPSA) is 162 Å². The van der Waals surface area contributed by atoms with Crippen molar-refractivity contribution in [2.75, 3.05) is 6.54 Å². The maximum Gasteiger partial charge on any atom is 0.330 e. The van der Waals surface area contributed by atoms with Crippen LogP contribution in [-0.4, -0.2) is 84.2 Å². The van der Waals surface area contributed by atoms with Crippen LogP contribution in [-0.2, 0) is 25.6 Å². The Morgan fingerprint density at radius 3 is 2.41 bits per heavy atom. The second kappa shape index (κ2) is 15.0. The lowest BCUT2D eigenvalue weighted by Crippen LogP contribution is -2.57. The van der Waals surface area contributed by atoms with Gasteiger partial charge in [0.25, 0.3) is 0 Å². The van der Waals surface area contributed by atoms with Crippen LogP contribution in [0.15, 0.2) is 84.8 Å². The molecule has 266 valence electrons. The molecule has 12 nitrogen and oxygen atoms in total. The third-order valence-corrected chi connectivity index (χ3v) is 10.4. The normalized spacial score (nSPS) is 21.6. The number of likely N-dealkylation sites (tertiary alicyclic amines) is 1. The second-order valence-corrected chi connectivity index (χ2v) is 14.4. The highest BCUT2D eigenvalue weighted by atomic mass is 32.1. The van der Waals surface area contributed by atoms with E-state index >= 15 is 0 Å². The number of hydrogen-bond donors (Lipinski definition) is 3. The van der Waals surface area contributed by atoms with Crippen molar-refractivity contribution in [1.29, 1.82) is 0 Å². The number of carboxylic acids is 1. The molecule has 1 aliphatic carbocycles. The van der Waals surface area contributed by atoms with Crippen molar-refractivity contribution in [3.8, 4) is 16.5 Å². The van der Waals surface area contributed by atoms with Crippen LogP contribution >= 0.6 is 11.3 Å². The molecule has 1 saturated carbocycles. The van der Waals surface area contributed by atoms with E-state index in [2.05, 4.69) is 11.9 Å². The van der Waals surface area contributed by atoms with Crippen molar-refractivity contribution < 1.29 is 34.2 Å². The number of aromatic nitrogens is 2. The molecular weight excluding hydrogens is 671 g/mol. The molecule has 13 heteroatoms.